The van der Waals surface area contributed by atoms with Crippen molar-refractivity contribution >= 4 is 40.2 Å². The second-order valence-corrected chi connectivity index (χ2v) is 13.1. The minimum absolute atomic E-state index is 0.0636. The summed E-state index contributed by atoms with van der Waals surface area (Å²) in [5.41, 5.74) is 3.95. The van der Waals surface area contributed by atoms with Crippen molar-refractivity contribution in [1.29, 1.82) is 0 Å². The van der Waals surface area contributed by atoms with Crippen LogP contribution in [0, 0.1) is 19.8 Å². The number of hydrogen-bond acceptors (Lipinski definition) is 5. The van der Waals surface area contributed by atoms with Gasteiger partial charge in [0.25, 0.3) is 17.4 Å². The second-order valence-electron chi connectivity index (χ2n) is 12.2. The van der Waals surface area contributed by atoms with Crippen LogP contribution in [0.5, 0.6) is 0 Å². The first-order chi connectivity index (χ1) is 20.4. The molecule has 0 aliphatic heterocycles. The Labute approximate surface area is 254 Å². The summed E-state index contributed by atoms with van der Waals surface area (Å²) in [7, 11) is 0. The van der Waals surface area contributed by atoms with Gasteiger partial charge in [0, 0.05) is 77.4 Å². The Hall–Kier alpha value is -3.18. The van der Waals surface area contributed by atoms with Crippen LogP contribution in [0.25, 0.3) is 10.9 Å². The molecule has 5 rings (SSSR count). The van der Waals surface area contributed by atoms with Crippen LogP contribution < -0.4 is 21.5 Å². The van der Waals surface area contributed by atoms with E-state index in [1.54, 1.807) is 6.07 Å². The first kappa shape index (κ1) is 31.3. The number of halogens is 2. The molecule has 1 atom stereocenters. The van der Waals surface area contributed by atoms with Crippen LogP contribution in [-0.2, 0) is 11.3 Å². The zero-order chi connectivity index (χ0) is 31.1. The van der Waals surface area contributed by atoms with E-state index in [-0.39, 0.29) is 54.9 Å². The molecule has 232 valence electrons. The number of aromatic amines is 1. The summed E-state index contributed by atoms with van der Waals surface area (Å²) in [6.45, 7) is 7.50. The molecule has 2 aromatic heterocycles. The third-order valence-electron chi connectivity index (χ3n) is 9.10. The quantitative estimate of drug-likeness (QED) is 0.219. The largest absolute Gasteiger partial charge is 0.348 e. The molecule has 11 heteroatoms. The average molecular weight is 614 g/mol. The van der Waals surface area contributed by atoms with Gasteiger partial charge in [-0.3, -0.25) is 14.4 Å². The van der Waals surface area contributed by atoms with Gasteiger partial charge in [-0.1, -0.05) is 0 Å². The van der Waals surface area contributed by atoms with Crippen molar-refractivity contribution in [2.75, 3.05) is 11.6 Å². The zero-order valence-corrected chi connectivity index (χ0v) is 26.2. The lowest BCUT2D eigenvalue weighted by Gasteiger charge is -2.41. The highest BCUT2D eigenvalue weighted by atomic mass is 32.2. The van der Waals surface area contributed by atoms with E-state index in [1.165, 1.54) is 18.7 Å². The summed E-state index contributed by atoms with van der Waals surface area (Å²) < 4.78 is 28.8. The number of nitrogens with one attached hydrogen (secondary N) is 4. The number of pyridine rings is 1. The Morgan fingerprint density at radius 2 is 1.81 bits per heavy atom. The molecule has 0 spiro atoms. The summed E-state index contributed by atoms with van der Waals surface area (Å²) in [6, 6.07) is 7.70. The van der Waals surface area contributed by atoms with Gasteiger partial charge < -0.3 is 25.5 Å². The van der Waals surface area contributed by atoms with E-state index in [0.717, 1.165) is 52.9 Å². The molecule has 4 N–H and O–H groups in total. The third-order valence-corrected chi connectivity index (χ3v) is 9.90. The molecular formula is C32H41F2N5O3S. The first-order valence-corrected chi connectivity index (χ1v) is 16.2. The lowest BCUT2D eigenvalue weighted by molar-refractivity contribution is -0.114. The molecule has 2 amide bonds. The molecule has 0 bridgehead atoms. The summed E-state index contributed by atoms with van der Waals surface area (Å²) in [4.78, 5) is 41.9. The molecule has 2 aliphatic carbocycles. The molecule has 2 saturated carbocycles. The normalized spacial score (nSPS) is 20.9. The lowest BCUT2D eigenvalue weighted by atomic mass is 9.80. The predicted octanol–water partition coefficient (Wildman–Crippen LogP) is 6.06. The van der Waals surface area contributed by atoms with Crippen LogP contribution in [-0.4, -0.2) is 45.6 Å². The summed E-state index contributed by atoms with van der Waals surface area (Å²) in [5, 5.41) is 10.1. The van der Waals surface area contributed by atoms with Gasteiger partial charge in [-0.2, -0.15) is 0 Å². The Kier molecular flexibility index (Phi) is 9.04. The standard InChI is InChI=1S/C32H41F2N5O3S/c1-17-12-28(43-5)26(30(41)36-17)16-35-31(42)29-19(3)39(27-13-23(37-20(4)40)10-11-25(27)29)18(2)21-6-8-22(9-7-21)38-24-14-32(33,34)15-24/h10-13,18,21-22,24,38H,6-9,14-16H2,1-5H3,(H,35,42)(H,36,41)(H,37,40)/t18-,21-,22+/m1/s1. The third kappa shape index (κ3) is 6.67. The van der Waals surface area contributed by atoms with Gasteiger partial charge in [0.1, 0.15) is 0 Å². The van der Waals surface area contributed by atoms with E-state index in [0.29, 0.717) is 22.7 Å². The smallest absolute Gasteiger partial charge is 0.254 e. The van der Waals surface area contributed by atoms with Crippen LogP contribution in [0.15, 0.2) is 34.0 Å². The maximum absolute atomic E-state index is 13.8. The average Bonchev–Trinajstić information content (AvgIpc) is 3.21. The van der Waals surface area contributed by atoms with Gasteiger partial charge in [-0.05, 0) is 82.9 Å². The number of amides is 2. The van der Waals surface area contributed by atoms with Crippen LogP contribution in [0.2, 0.25) is 0 Å². The molecular weight excluding hydrogens is 572 g/mol. The number of carbonyl (C=O) groups is 2. The molecule has 43 heavy (non-hydrogen) atoms. The molecule has 0 radical (unpaired) electrons. The van der Waals surface area contributed by atoms with Crippen molar-refractivity contribution in [3.8, 4) is 0 Å². The fourth-order valence-electron chi connectivity index (χ4n) is 6.92. The van der Waals surface area contributed by atoms with E-state index >= 15 is 0 Å². The van der Waals surface area contributed by atoms with Gasteiger partial charge >= 0.3 is 0 Å². The summed E-state index contributed by atoms with van der Waals surface area (Å²) in [6.07, 6.45) is 5.49. The van der Waals surface area contributed by atoms with E-state index in [1.807, 2.05) is 38.3 Å². The van der Waals surface area contributed by atoms with Crippen LogP contribution in [0.3, 0.4) is 0 Å². The maximum atomic E-state index is 13.8. The van der Waals surface area contributed by atoms with Crippen LogP contribution in [0.1, 0.15) is 85.7 Å². The van der Waals surface area contributed by atoms with Crippen molar-refractivity contribution in [3.05, 3.63) is 57.1 Å². The van der Waals surface area contributed by atoms with Crippen molar-refractivity contribution in [2.24, 2.45) is 5.92 Å². The molecule has 1 aromatic carbocycles. The zero-order valence-electron chi connectivity index (χ0n) is 25.4. The van der Waals surface area contributed by atoms with Crippen molar-refractivity contribution in [1.82, 2.24) is 20.2 Å². The van der Waals surface area contributed by atoms with Gasteiger partial charge in [0.05, 0.1) is 11.1 Å². The van der Waals surface area contributed by atoms with E-state index in [9.17, 15) is 23.2 Å². The predicted molar refractivity (Wildman–Crippen MR) is 167 cm³/mol. The number of anilines is 1. The van der Waals surface area contributed by atoms with Crippen molar-refractivity contribution in [3.63, 3.8) is 0 Å². The Balaban J connectivity index is 1.40. The van der Waals surface area contributed by atoms with Gasteiger partial charge in [0.15, 0.2) is 0 Å². The Bertz CT molecular complexity index is 1580. The number of rotatable bonds is 9. The number of hydrogen-bond donors (Lipinski definition) is 4. The van der Waals surface area contributed by atoms with Gasteiger partial charge in [-0.15, -0.1) is 11.8 Å². The number of nitrogens with zero attached hydrogens (tertiary/aromatic N) is 1. The van der Waals surface area contributed by atoms with E-state index in [2.05, 4.69) is 32.4 Å². The fraction of sp³-hybridized carbons (Fsp3) is 0.531. The number of H-pyrrole nitrogens is 1. The van der Waals surface area contributed by atoms with Crippen molar-refractivity contribution in [2.45, 2.75) is 102 Å². The lowest BCUT2D eigenvalue weighted by Crippen LogP contribution is -2.52. The van der Waals surface area contributed by atoms with Crippen LogP contribution >= 0.6 is 11.8 Å². The van der Waals surface area contributed by atoms with E-state index in [4.69, 9.17) is 0 Å². The van der Waals surface area contributed by atoms with Gasteiger partial charge in [0.2, 0.25) is 5.91 Å². The number of benzene rings is 1. The first-order valence-electron chi connectivity index (χ1n) is 15.0. The molecule has 8 nitrogen and oxygen atoms in total. The number of thioether (sulfide) groups is 1. The highest BCUT2D eigenvalue weighted by Crippen LogP contribution is 2.41. The highest BCUT2D eigenvalue weighted by molar-refractivity contribution is 7.98. The minimum atomic E-state index is -2.52. The molecule has 2 aliphatic rings. The SMILES string of the molecule is CSc1cc(C)[nH]c(=O)c1CNC(=O)c1c(C)n([C@H](C)[C@H]2CC[C@@H](NC3CC(F)(F)C3)CC2)c2cc(NC(C)=O)ccc12. The minimum Gasteiger partial charge on any atom is -0.348 e. The molecule has 0 saturated heterocycles. The Morgan fingerprint density at radius 3 is 2.44 bits per heavy atom. The Morgan fingerprint density at radius 1 is 1.12 bits per heavy atom. The molecule has 2 heterocycles. The summed E-state index contributed by atoms with van der Waals surface area (Å²) in [5.74, 6) is -2.63. The number of aromatic nitrogens is 2. The number of fused-ring (bicyclic) bond motifs is 1. The molecule has 3 aromatic rings. The monoisotopic (exact) mass is 613 g/mol. The summed E-state index contributed by atoms with van der Waals surface area (Å²) >= 11 is 1.47. The van der Waals surface area contributed by atoms with Crippen molar-refractivity contribution < 1.29 is 18.4 Å². The van der Waals surface area contributed by atoms with E-state index < -0.39 is 5.92 Å². The number of carbonyl (C=O) groups excluding carboxylic acids is 2. The highest BCUT2D eigenvalue weighted by Gasteiger charge is 2.46. The molecule has 2 fully saturated rings. The van der Waals surface area contributed by atoms with Crippen LogP contribution in [0.4, 0.5) is 14.5 Å². The van der Waals surface area contributed by atoms with Gasteiger partial charge in [-0.25, -0.2) is 8.78 Å². The topological polar surface area (TPSA) is 108 Å². The number of alkyl halides is 2. The second kappa shape index (κ2) is 12.4. The number of aryl methyl sites for hydroxylation is 1. The maximum Gasteiger partial charge on any atom is 0.254 e. The molecule has 0 unspecified atom stereocenters. The fourth-order valence-corrected chi connectivity index (χ4v) is 7.62.